The zero-order valence-corrected chi connectivity index (χ0v) is 23.4. The molecule has 0 unspecified atom stereocenters. The van der Waals surface area contributed by atoms with Crippen LogP contribution in [-0.4, -0.2) is 30.1 Å². The molecule has 9 heteroatoms. The van der Waals surface area contributed by atoms with Gasteiger partial charge >= 0.3 is 5.97 Å². The van der Waals surface area contributed by atoms with Crippen LogP contribution in [0.25, 0.3) is 17.4 Å². The Morgan fingerprint density at radius 2 is 1.83 bits per heavy atom. The Morgan fingerprint density at radius 3 is 2.61 bits per heavy atom. The minimum atomic E-state index is -0.474. The lowest BCUT2D eigenvalue weighted by molar-refractivity contribution is -0.114. The Balaban J connectivity index is 1.36. The molecule has 1 aliphatic heterocycles. The van der Waals surface area contributed by atoms with Crippen molar-refractivity contribution >= 4 is 52.5 Å². The third-order valence-electron chi connectivity index (χ3n) is 6.35. The van der Waals surface area contributed by atoms with Crippen LogP contribution < -0.4 is 10.3 Å². The van der Waals surface area contributed by atoms with Gasteiger partial charge in [0, 0.05) is 11.3 Å². The van der Waals surface area contributed by atoms with E-state index in [-0.39, 0.29) is 18.4 Å². The number of nitrogens with zero attached hydrogens (tertiary/aromatic N) is 2. The Bertz CT molecular complexity index is 1740. The molecule has 4 aromatic rings. The summed E-state index contributed by atoms with van der Waals surface area (Å²) in [5.74, 6) is -0.244. The molecule has 0 radical (unpaired) electrons. The van der Waals surface area contributed by atoms with Crippen LogP contribution in [0.5, 0.6) is 0 Å². The molecule has 0 saturated carbocycles. The molecule has 2 amide bonds. The van der Waals surface area contributed by atoms with Crippen LogP contribution in [0.15, 0.2) is 94.0 Å². The third-order valence-corrected chi connectivity index (χ3v) is 6.68. The lowest BCUT2D eigenvalue weighted by atomic mass is 10.1. The van der Waals surface area contributed by atoms with Gasteiger partial charge in [-0.2, -0.15) is 10.1 Å². The van der Waals surface area contributed by atoms with E-state index >= 15 is 0 Å². The highest BCUT2D eigenvalue weighted by Crippen LogP contribution is 2.30. The number of ether oxygens (including phenoxy) is 1. The van der Waals surface area contributed by atoms with Crippen LogP contribution in [0.1, 0.15) is 45.9 Å². The topological polar surface area (TPSA) is 101 Å². The summed E-state index contributed by atoms with van der Waals surface area (Å²) in [4.78, 5) is 38.4. The largest absolute Gasteiger partial charge is 0.462 e. The smallest absolute Gasteiger partial charge is 0.338 e. The molecule has 1 N–H and O–H groups in total. The second-order valence-corrected chi connectivity index (χ2v) is 9.76. The summed E-state index contributed by atoms with van der Waals surface area (Å²) in [5, 5.41) is 8.81. The molecular weight excluding hydrogens is 542 g/mol. The highest BCUT2D eigenvalue weighted by molar-refractivity contribution is 6.34. The number of hydrogen-bond donors (Lipinski definition) is 1. The van der Waals surface area contributed by atoms with Gasteiger partial charge in [-0.3, -0.25) is 9.59 Å². The molecule has 0 saturated heterocycles. The van der Waals surface area contributed by atoms with Gasteiger partial charge in [0.2, 0.25) is 0 Å². The number of hydrogen-bond acceptors (Lipinski definition) is 6. The number of nitrogens with one attached hydrogen (secondary N) is 1. The average Bonchev–Trinajstić information content (AvgIpc) is 3.54. The van der Waals surface area contributed by atoms with Gasteiger partial charge in [0.15, 0.2) is 0 Å². The maximum absolute atomic E-state index is 13.3. The summed E-state index contributed by atoms with van der Waals surface area (Å²) in [6.07, 6.45) is 1.61. The second kappa shape index (κ2) is 11.7. The quantitative estimate of drug-likeness (QED) is 0.189. The molecule has 0 atom stereocenters. The van der Waals surface area contributed by atoms with E-state index in [4.69, 9.17) is 20.8 Å². The predicted octanol–water partition coefficient (Wildman–Crippen LogP) is 7.14. The summed E-state index contributed by atoms with van der Waals surface area (Å²) < 4.78 is 11.1. The summed E-state index contributed by atoms with van der Waals surface area (Å²) in [7, 11) is 0. The van der Waals surface area contributed by atoms with Gasteiger partial charge in [-0.25, -0.2) is 4.79 Å². The molecule has 0 aliphatic carbocycles. The van der Waals surface area contributed by atoms with Crippen LogP contribution in [-0.2, 0) is 9.53 Å². The first-order valence-corrected chi connectivity index (χ1v) is 13.3. The minimum absolute atomic E-state index is 0.249. The number of esters is 1. The number of furan rings is 1. The number of aryl methyl sites for hydroxylation is 1. The van der Waals surface area contributed by atoms with Gasteiger partial charge in [0.25, 0.3) is 11.8 Å². The van der Waals surface area contributed by atoms with Crippen molar-refractivity contribution in [2.45, 2.75) is 20.8 Å². The van der Waals surface area contributed by atoms with Crippen molar-refractivity contribution in [3.8, 4) is 11.3 Å². The lowest BCUT2D eigenvalue weighted by Gasteiger charge is -2.12. The van der Waals surface area contributed by atoms with Gasteiger partial charge in [0.1, 0.15) is 11.5 Å². The van der Waals surface area contributed by atoms with Crippen LogP contribution in [0.4, 0.5) is 11.4 Å². The Morgan fingerprint density at radius 1 is 1.02 bits per heavy atom. The number of benzene rings is 3. The van der Waals surface area contributed by atoms with E-state index < -0.39 is 5.97 Å². The minimum Gasteiger partial charge on any atom is -0.462 e. The molecule has 0 spiro atoms. The van der Waals surface area contributed by atoms with Crippen LogP contribution in [0.3, 0.4) is 0 Å². The van der Waals surface area contributed by atoms with Crippen molar-refractivity contribution in [1.29, 1.82) is 0 Å². The van der Waals surface area contributed by atoms with Gasteiger partial charge < -0.3 is 14.5 Å². The molecule has 1 aromatic heterocycles. The van der Waals surface area contributed by atoms with Gasteiger partial charge in [0.05, 0.1) is 39.7 Å². The average molecular weight is 568 g/mol. The van der Waals surface area contributed by atoms with Crippen LogP contribution >= 0.6 is 11.6 Å². The molecule has 3 aromatic carbocycles. The first kappa shape index (κ1) is 27.6. The Labute approximate surface area is 241 Å². The highest BCUT2D eigenvalue weighted by atomic mass is 35.5. The maximum Gasteiger partial charge on any atom is 0.338 e. The third kappa shape index (κ3) is 5.97. The highest BCUT2D eigenvalue weighted by Gasteiger charge is 2.29. The molecule has 2 heterocycles. The fraction of sp³-hybridized carbons (Fsp3) is 0.125. The number of halogens is 1. The van der Waals surface area contributed by atoms with E-state index in [2.05, 4.69) is 10.4 Å². The molecule has 0 fully saturated rings. The number of amides is 2. The monoisotopic (exact) mass is 567 g/mol. The van der Waals surface area contributed by atoms with Crippen molar-refractivity contribution in [2.75, 3.05) is 16.9 Å². The second-order valence-electron chi connectivity index (χ2n) is 9.35. The first-order chi connectivity index (χ1) is 19.7. The molecular formula is C32H26ClN3O5. The molecule has 0 bridgehead atoms. The fourth-order valence-electron chi connectivity index (χ4n) is 4.34. The Hall–Kier alpha value is -4.95. The van der Waals surface area contributed by atoms with Crippen molar-refractivity contribution in [1.82, 2.24) is 0 Å². The summed E-state index contributed by atoms with van der Waals surface area (Å²) in [6.45, 7) is 5.65. The standard InChI is InChI=1S/C32H26ClN3O5/c1-4-40-32(39)22-8-6-10-24(16-22)36-31(38)26(20(3)35-36)18-25-12-14-29(41-25)21-11-13-28(33)27(17-21)30(37)34-23-9-5-7-19(2)15-23/h5-18H,4H2,1-3H3,(H,34,37)/b26-18-. The summed E-state index contributed by atoms with van der Waals surface area (Å²) in [5.41, 5.74) is 4.26. The number of hydrazone groups is 1. The van der Waals surface area contributed by atoms with Crippen LogP contribution in [0.2, 0.25) is 5.02 Å². The first-order valence-electron chi connectivity index (χ1n) is 12.9. The van der Waals surface area contributed by atoms with E-state index in [0.717, 1.165) is 5.56 Å². The number of carbonyl (C=O) groups is 3. The predicted molar refractivity (Wildman–Crippen MR) is 159 cm³/mol. The van der Waals surface area contributed by atoms with E-state index in [1.165, 1.54) is 5.01 Å². The molecule has 1 aliphatic rings. The summed E-state index contributed by atoms with van der Waals surface area (Å²) >= 11 is 6.35. The Kier molecular flexibility index (Phi) is 7.85. The zero-order valence-electron chi connectivity index (χ0n) is 22.6. The SMILES string of the molecule is CCOC(=O)c1cccc(N2N=C(C)/C(=C/c3ccc(-c4ccc(Cl)c(C(=O)Nc5cccc(C)c5)c4)o3)C2=O)c1. The van der Waals surface area contributed by atoms with Gasteiger partial charge in [-0.05, 0) is 93.1 Å². The summed E-state index contributed by atoms with van der Waals surface area (Å²) in [6, 6.07) is 22.6. The van der Waals surface area contributed by atoms with E-state index in [0.29, 0.717) is 55.9 Å². The normalized spacial score (nSPS) is 13.9. The van der Waals surface area contributed by atoms with Crippen molar-refractivity contribution in [2.24, 2.45) is 5.10 Å². The molecule has 41 heavy (non-hydrogen) atoms. The van der Waals surface area contributed by atoms with Gasteiger partial charge in [-0.15, -0.1) is 0 Å². The number of rotatable bonds is 7. The van der Waals surface area contributed by atoms with E-state index in [1.807, 2.05) is 31.2 Å². The van der Waals surface area contributed by atoms with Crippen LogP contribution in [0, 0.1) is 6.92 Å². The van der Waals surface area contributed by atoms with E-state index in [9.17, 15) is 14.4 Å². The molecule has 5 rings (SSSR count). The molecule has 206 valence electrons. The fourth-order valence-corrected chi connectivity index (χ4v) is 4.54. The number of carbonyl (C=O) groups excluding carboxylic acids is 3. The maximum atomic E-state index is 13.3. The lowest BCUT2D eigenvalue weighted by Crippen LogP contribution is -2.21. The van der Waals surface area contributed by atoms with Gasteiger partial charge in [-0.1, -0.05) is 29.8 Å². The van der Waals surface area contributed by atoms with E-state index in [1.54, 1.807) is 74.5 Å². The number of anilines is 2. The van der Waals surface area contributed by atoms with Crippen molar-refractivity contribution < 1.29 is 23.5 Å². The molecule has 8 nitrogen and oxygen atoms in total. The van der Waals surface area contributed by atoms with Crippen molar-refractivity contribution in [3.63, 3.8) is 0 Å². The zero-order chi connectivity index (χ0) is 29.1. The van der Waals surface area contributed by atoms with Crippen molar-refractivity contribution in [3.05, 3.63) is 112 Å².